The van der Waals surface area contributed by atoms with Gasteiger partial charge in [0, 0.05) is 19.5 Å². The molecule has 96 valence electrons. The van der Waals surface area contributed by atoms with Crippen molar-refractivity contribution < 1.29 is 9.47 Å². The monoisotopic (exact) mass is 240 g/mol. The van der Waals surface area contributed by atoms with E-state index >= 15 is 0 Å². The highest BCUT2D eigenvalue weighted by Crippen LogP contribution is 2.33. The Kier molecular flexibility index (Phi) is 4.80. The molecule has 0 aliphatic carbocycles. The Morgan fingerprint density at radius 1 is 1.41 bits per heavy atom. The van der Waals surface area contributed by atoms with Crippen LogP contribution in [0.15, 0.2) is 12.4 Å². The Morgan fingerprint density at radius 3 is 2.53 bits per heavy atom. The Morgan fingerprint density at radius 2 is 2.06 bits per heavy atom. The molecule has 0 saturated carbocycles. The highest BCUT2D eigenvalue weighted by Gasteiger charge is 2.36. The SMILES string of the molecule is CCC(C)(OC)C(NN)c1nccnc1OC. The third kappa shape index (κ3) is 2.71. The summed E-state index contributed by atoms with van der Waals surface area (Å²) in [5, 5.41) is 0. The molecular weight excluding hydrogens is 220 g/mol. The molecule has 0 bridgehead atoms. The van der Waals surface area contributed by atoms with Gasteiger partial charge in [-0.2, -0.15) is 0 Å². The summed E-state index contributed by atoms with van der Waals surface area (Å²) in [6.45, 7) is 3.99. The van der Waals surface area contributed by atoms with Crippen LogP contribution in [0, 0.1) is 0 Å². The van der Waals surface area contributed by atoms with Crippen LogP contribution in [0.4, 0.5) is 0 Å². The maximum absolute atomic E-state index is 5.61. The third-order valence-electron chi connectivity index (χ3n) is 3.10. The summed E-state index contributed by atoms with van der Waals surface area (Å²) in [7, 11) is 3.20. The first-order valence-corrected chi connectivity index (χ1v) is 5.49. The molecule has 0 aliphatic rings. The lowest BCUT2D eigenvalue weighted by molar-refractivity contribution is -0.0318. The van der Waals surface area contributed by atoms with Crippen molar-refractivity contribution >= 4 is 0 Å². The van der Waals surface area contributed by atoms with Crippen molar-refractivity contribution in [2.75, 3.05) is 14.2 Å². The molecule has 0 aromatic carbocycles. The lowest BCUT2D eigenvalue weighted by Crippen LogP contribution is -2.46. The van der Waals surface area contributed by atoms with E-state index in [1.54, 1.807) is 26.6 Å². The number of hydrazine groups is 1. The van der Waals surface area contributed by atoms with Crippen LogP contribution in [0.25, 0.3) is 0 Å². The Balaban J connectivity index is 3.17. The second kappa shape index (κ2) is 5.90. The summed E-state index contributed by atoms with van der Waals surface area (Å²) in [5.41, 5.74) is 2.90. The average molecular weight is 240 g/mol. The maximum Gasteiger partial charge on any atom is 0.237 e. The van der Waals surface area contributed by atoms with Crippen molar-refractivity contribution in [2.45, 2.75) is 31.9 Å². The average Bonchev–Trinajstić information content (AvgIpc) is 2.39. The van der Waals surface area contributed by atoms with Gasteiger partial charge in [-0.05, 0) is 13.3 Å². The van der Waals surface area contributed by atoms with E-state index in [0.29, 0.717) is 11.6 Å². The van der Waals surface area contributed by atoms with E-state index < -0.39 is 5.60 Å². The van der Waals surface area contributed by atoms with E-state index in [1.807, 2.05) is 13.8 Å². The van der Waals surface area contributed by atoms with Crippen molar-refractivity contribution in [1.29, 1.82) is 0 Å². The molecule has 2 unspecified atom stereocenters. The number of hydrogen-bond donors (Lipinski definition) is 2. The summed E-state index contributed by atoms with van der Waals surface area (Å²) in [4.78, 5) is 8.39. The van der Waals surface area contributed by atoms with Crippen molar-refractivity contribution in [2.24, 2.45) is 5.84 Å². The smallest absolute Gasteiger partial charge is 0.237 e. The van der Waals surface area contributed by atoms with Gasteiger partial charge >= 0.3 is 0 Å². The van der Waals surface area contributed by atoms with Gasteiger partial charge < -0.3 is 9.47 Å². The zero-order valence-corrected chi connectivity index (χ0v) is 10.7. The predicted octanol–water partition coefficient (Wildman–Crippen LogP) is 0.805. The van der Waals surface area contributed by atoms with Gasteiger partial charge in [0.15, 0.2) is 0 Å². The lowest BCUT2D eigenvalue weighted by atomic mass is 9.91. The van der Waals surface area contributed by atoms with Gasteiger partial charge in [0.1, 0.15) is 5.69 Å². The summed E-state index contributed by atoms with van der Waals surface area (Å²) >= 11 is 0. The highest BCUT2D eigenvalue weighted by atomic mass is 16.5. The zero-order chi connectivity index (χ0) is 12.9. The van der Waals surface area contributed by atoms with Crippen LogP contribution in [0.5, 0.6) is 5.88 Å². The van der Waals surface area contributed by atoms with Gasteiger partial charge in [0.2, 0.25) is 5.88 Å². The maximum atomic E-state index is 5.61. The molecule has 0 saturated heterocycles. The second-order valence-electron chi connectivity index (χ2n) is 3.92. The molecule has 1 aromatic rings. The van der Waals surface area contributed by atoms with Gasteiger partial charge in [0.05, 0.1) is 18.8 Å². The van der Waals surface area contributed by atoms with Gasteiger partial charge in [-0.25, -0.2) is 10.4 Å². The molecule has 17 heavy (non-hydrogen) atoms. The quantitative estimate of drug-likeness (QED) is 0.565. The minimum Gasteiger partial charge on any atom is -0.480 e. The largest absolute Gasteiger partial charge is 0.480 e. The number of nitrogens with one attached hydrogen (secondary N) is 1. The standard InChI is InChI=1S/C11H20N4O2/c1-5-11(2,17-4)9(15-12)8-10(16-3)14-7-6-13-8/h6-7,9,15H,5,12H2,1-4H3. The minimum absolute atomic E-state index is 0.291. The molecule has 3 N–H and O–H groups in total. The van der Waals surface area contributed by atoms with Crippen LogP contribution in [0.1, 0.15) is 32.0 Å². The lowest BCUT2D eigenvalue weighted by Gasteiger charge is -2.34. The van der Waals surface area contributed by atoms with Crippen LogP contribution < -0.4 is 16.0 Å². The number of nitrogens with two attached hydrogens (primary N) is 1. The molecule has 2 atom stereocenters. The first-order chi connectivity index (χ1) is 8.12. The molecular formula is C11H20N4O2. The molecule has 0 amide bonds. The number of hydrogen-bond acceptors (Lipinski definition) is 6. The minimum atomic E-state index is -0.474. The fraction of sp³-hybridized carbons (Fsp3) is 0.636. The van der Waals surface area contributed by atoms with E-state index in [-0.39, 0.29) is 6.04 Å². The van der Waals surface area contributed by atoms with Gasteiger partial charge in [-0.1, -0.05) is 6.92 Å². The predicted molar refractivity (Wildman–Crippen MR) is 64.4 cm³/mol. The number of rotatable bonds is 6. The fourth-order valence-corrected chi connectivity index (χ4v) is 1.70. The second-order valence-corrected chi connectivity index (χ2v) is 3.92. The van der Waals surface area contributed by atoms with Crippen molar-refractivity contribution in [3.8, 4) is 5.88 Å². The zero-order valence-electron chi connectivity index (χ0n) is 10.7. The van der Waals surface area contributed by atoms with Gasteiger partial charge in [0.25, 0.3) is 0 Å². The molecule has 0 aliphatic heterocycles. The van der Waals surface area contributed by atoms with Crippen molar-refractivity contribution in [3.05, 3.63) is 18.1 Å². The Labute approximate surface area is 102 Å². The van der Waals surface area contributed by atoms with Crippen LogP contribution >= 0.6 is 0 Å². The molecule has 1 aromatic heterocycles. The first-order valence-electron chi connectivity index (χ1n) is 5.49. The fourth-order valence-electron chi connectivity index (χ4n) is 1.70. The topological polar surface area (TPSA) is 82.3 Å². The number of nitrogens with zero attached hydrogens (tertiary/aromatic N) is 2. The summed E-state index contributed by atoms with van der Waals surface area (Å²) < 4.78 is 10.7. The highest BCUT2D eigenvalue weighted by molar-refractivity contribution is 5.23. The molecule has 0 radical (unpaired) electrons. The molecule has 0 fully saturated rings. The van der Waals surface area contributed by atoms with E-state index in [9.17, 15) is 0 Å². The van der Waals surface area contributed by atoms with Crippen LogP contribution in [0.3, 0.4) is 0 Å². The summed E-state index contributed by atoms with van der Waals surface area (Å²) in [6, 6.07) is -0.291. The van der Waals surface area contributed by atoms with Crippen LogP contribution in [-0.2, 0) is 4.74 Å². The van der Waals surface area contributed by atoms with Gasteiger partial charge in [-0.15, -0.1) is 0 Å². The summed E-state index contributed by atoms with van der Waals surface area (Å²) in [6.07, 6.45) is 3.96. The number of ether oxygens (including phenoxy) is 2. The van der Waals surface area contributed by atoms with Crippen molar-refractivity contribution in [3.63, 3.8) is 0 Å². The Bertz CT molecular complexity index is 355. The number of aromatic nitrogens is 2. The normalized spacial score (nSPS) is 16.3. The molecule has 6 heteroatoms. The number of methoxy groups -OCH3 is 2. The van der Waals surface area contributed by atoms with E-state index in [2.05, 4.69) is 15.4 Å². The van der Waals surface area contributed by atoms with Crippen LogP contribution in [0.2, 0.25) is 0 Å². The molecule has 0 spiro atoms. The van der Waals surface area contributed by atoms with Crippen LogP contribution in [-0.4, -0.2) is 29.8 Å². The first kappa shape index (κ1) is 13.8. The van der Waals surface area contributed by atoms with E-state index in [0.717, 1.165) is 6.42 Å². The summed E-state index contributed by atoms with van der Waals surface area (Å²) in [5.74, 6) is 6.06. The van der Waals surface area contributed by atoms with E-state index in [4.69, 9.17) is 15.3 Å². The molecule has 6 nitrogen and oxygen atoms in total. The Hall–Kier alpha value is -1.24. The van der Waals surface area contributed by atoms with E-state index in [1.165, 1.54) is 0 Å². The third-order valence-corrected chi connectivity index (χ3v) is 3.10. The van der Waals surface area contributed by atoms with Crippen molar-refractivity contribution in [1.82, 2.24) is 15.4 Å². The van der Waals surface area contributed by atoms with Gasteiger partial charge in [-0.3, -0.25) is 10.8 Å². The molecule has 1 rings (SSSR count). The molecule has 1 heterocycles.